The molecule has 0 spiro atoms. The number of nitrogens with two attached hydrogens (primary N) is 1. The smallest absolute Gasteiger partial charge is 0.251 e. The van der Waals surface area contributed by atoms with Gasteiger partial charge in [0, 0.05) is 18.4 Å². The fourth-order valence-electron chi connectivity index (χ4n) is 1.73. The van der Waals surface area contributed by atoms with Gasteiger partial charge in [-0.3, -0.25) is 0 Å². The van der Waals surface area contributed by atoms with Crippen LogP contribution >= 0.6 is 0 Å². The lowest BCUT2D eigenvalue weighted by Gasteiger charge is -2.12. The van der Waals surface area contributed by atoms with E-state index >= 15 is 0 Å². The largest absolute Gasteiger partial charge is 0.472 e. The van der Waals surface area contributed by atoms with Gasteiger partial charge in [0.25, 0.3) is 5.88 Å². The van der Waals surface area contributed by atoms with Crippen LogP contribution in [0.2, 0.25) is 0 Å². The van der Waals surface area contributed by atoms with E-state index in [1.165, 1.54) is 12.4 Å². The van der Waals surface area contributed by atoms with Crippen LogP contribution in [-0.2, 0) is 0 Å². The van der Waals surface area contributed by atoms with E-state index in [2.05, 4.69) is 9.97 Å². The van der Waals surface area contributed by atoms with Crippen molar-refractivity contribution >= 4 is 0 Å². The van der Waals surface area contributed by atoms with Gasteiger partial charge < -0.3 is 10.5 Å². The van der Waals surface area contributed by atoms with E-state index < -0.39 is 0 Å². The Hall–Kier alpha value is -1.67. The van der Waals surface area contributed by atoms with E-state index in [1.807, 2.05) is 6.07 Å². The standard InChI is InChI=1S/C10H12N4O/c11-6-9-10(14-4-3-13-9)15-8-2-1-7(12)5-8/h3-4,7-8H,1-2,5,12H2. The maximum Gasteiger partial charge on any atom is 0.251 e. The van der Waals surface area contributed by atoms with Gasteiger partial charge in [-0.15, -0.1) is 0 Å². The summed E-state index contributed by atoms with van der Waals surface area (Å²) in [5, 5.41) is 8.79. The third kappa shape index (κ3) is 2.22. The number of nitriles is 1. The fraction of sp³-hybridized carbons (Fsp3) is 0.500. The van der Waals surface area contributed by atoms with Gasteiger partial charge in [-0.2, -0.15) is 5.26 Å². The summed E-state index contributed by atoms with van der Waals surface area (Å²) in [6, 6.07) is 2.16. The van der Waals surface area contributed by atoms with Crippen LogP contribution < -0.4 is 10.5 Å². The molecule has 2 unspecified atom stereocenters. The summed E-state index contributed by atoms with van der Waals surface area (Å²) in [6.07, 6.45) is 5.78. The van der Waals surface area contributed by atoms with Gasteiger partial charge in [0.05, 0.1) is 0 Å². The summed E-state index contributed by atoms with van der Waals surface area (Å²) >= 11 is 0. The minimum atomic E-state index is 0.0730. The van der Waals surface area contributed by atoms with Crippen LogP contribution in [-0.4, -0.2) is 22.1 Å². The average Bonchev–Trinajstić information content (AvgIpc) is 2.65. The van der Waals surface area contributed by atoms with Crippen molar-refractivity contribution in [3.8, 4) is 11.9 Å². The Labute approximate surface area is 87.9 Å². The summed E-state index contributed by atoms with van der Waals surface area (Å²) in [5.41, 5.74) is 6.00. The number of aromatic nitrogens is 2. The molecular formula is C10H12N4O. The van der Waals surface area contributed by atoms with Crippen LogP contribution in [0.3, 0.4) is 0 Å². The number of nitrogens with zero attached hydrogens (tertiary/aromatic N) is 3. The average molecular weight is 204 g/mol. The topological polar surface area (TPSA) is 84.8 Å². The zero-order chi connectivity index (χ0) is 10.7. The molecule has 0 saturated heterocycles. The monoisotopic (exact) mass is 204 g/mol. The molecule has 1 aliphatic carbocycles. The molecule has 2 N–H and O–H groups in total. The molecule has 1 heterocycles. The Bertz CT molecular complexity index is 387. The molecule has 2 atom stereocenters. The van der Waals surface area contributed by atoms with E-state index in [-0.39, 0.29) is 17.8 Å². The zero-order valence-corrected chi connectivity index (χ0v) is 8.26. The second kappa shape index (κ2) is 4.24. The summed E-state index contributed by atoms with van der Waals surface area (Å²) in [4.78, 5) is 7.87. The van der Waals surface area contributed by atoms with Crippen molar-refractivity contribution < 1.29 is 4.74 Å². The van der Waals surface area contributed by atoms with Gasteiger partial charge in [-0.05, 0) is 19.3 Å². The zero-order valence-electron chi connectivity index (χ0n) is 8.26. The molecule has 78 valence electrons. The second-order valence-electron chi connectivity index (χ2n) is 3.63. The molecule has 5 nitrogen and oxygen atoms in total. The van der Waals surface area contributed by atoms with Crippen molar-refractivity contribution in [1.29, 1.82) is 5.26 Å². The van der Waals surface area contributed by atoms with E-state index in [1.54, 1.807) is 0 Å². The highest BCUT2D eigenvalue weighted by molar-refractivity contribution is 5.30. The molecule has 15 heavy (non-hydrogen) atoms. The molecule has 1 saturated carbocycles. The first kappa shape index (κ1) is 9.87. The van der Waals surface area contributed by atoms with Crippen LogP contribution in [0, 0.1) is 11.3 Å². The maximum absolute atomic E-state index is 8.79. The SMILES string of the molecule is N#Cc1nccnc1OC1CCC(N)C1. The number of rotatable bonds is 2. The van der Waals surface area contributed by atoms with E-state index in [0.29, 0.717) is 5.88 Å². The maximum atomic E-state index is 8.79. The fourth-order valence-corrected chi connectivity index (χ4v) is 1.73. The first-order valence-corrected chi connectivity index (χ1v) is 4.93. The first-order chi connectivity index (χ1) is 7.29. The van der Waals surface area contributed by atoms with Crippen molar-refractivity contribution in [3.05, 3.63) is 18.1 Å². The Balaban J connectivity index is 2.08. The summed E-state index contributed by atoms with van der Waals surface area (Å²) < 4.78 is 5.59. The van der Waals surface area contributed by atoms with Gasteiger partial charge in [0.15, 0.2) is 0 Å². The third-order valence-electron chi connectivity index (χ3n) is 2.47. The lowest BCUT2D eigenvalue weighted by atomic mass is 10.3. The second-order valence-corrected chi connectivity index (χ2v) is 3.63. The molecule has 0 aromatic carbocycles. The molecule has 0 bridgehead atoms. The number of ether oxygens (including phenoxy) is 1. The lowest BCUT2D eigenvalue weighted by molar-refractivity contribution is 0.198. The van der Waals surface area contributed by atoms with E-state index in [0.717, 1.165) is 19.3 Å². The van der Waals surface area contributed by atoms with Crippen LogP contribution in [0.15, 0.2) is 12.4 Å². The van der Waals surface area contributed by atoms with Gasteiger partial charge in [-0.1, -0.05) is 0 Å². The highest BCUT2D eigenvalue weighted by Crippen LogP contribution is 2.23. The molecule has 1 fully saturated rings. The Morgan fingerprint density at radius 2 is 2.20 bits per heavy atom. The molecule has 1 aromatic rings. The highest BCUT2D eigenvalue weighted by atomic mass is 16.5. The van der Waals surface area contributed by atoms with Gasteiger partial charge in [-0.25, -0.2) is 9.97 Å². The van der Waals surface area contributed by atoms with Crippen LogP contribution in [0.25, 0.3) is 0 Å². The molecule has 2 rings (SSSR count). The van der Waals surface area contributed by atoms with Crippen molar-refractivity contribution in [1.82, 2.24) is 9.97 Å². The molecule has 5 heteroatoms. The molecule has 0 radical (unpaired) electrons. The minimum Gasteiger partial charge on any atom is -0.472 e. The number of hydrogen-bond acceptors (Lipinski definition) is 5. The van der Waals surface area contributed by atoms with E-state index in [4.69, 9.17) is 15.7 Å². The lowest BCUT2D eigenvalue weighted by Crippen LogP contribution is -2.19. The first-order valence-electron chi connectivity index (χ1n) is 4.93. The molecule has 0 aliphatic heterocycles. The summed E-state index contributed by atoms with van der Waals surface area (Å²) in [6.45, 7) is 0. The Kier molecular flexibility index (Phi) is 2.79. The highest BCUT2D eigenvalue weighted by Gasteiger charge is 2.24. The Morgan fingerprint density at radius 3 is 2.87 bits per heavy atom. The molecule has 1 aromatic heterocycles. The number of hydrogen-bond donors (Lipinski definition) is 1. The van der Waals surface area contributed by atoms with Crippen LogP contribution in [0.4, 0.5) is 0 Å². The predicted molar refractivity (Wildman–Crippen MR) is 53.0 cm³/mol. The van der Waals surface area contributed by atoms with Crippen molar-refractivity contribution in [2.24, 2.45) is 5.73 Å². The molecular weight excluding hydrogens is 192 g/mol. The third-order valence-corrected chi connectivity index (χ3v) is 2.47. The van der Waals surface area contributed by atoms with Gasteiger partial charge >= 0.3 is 0 Å². The predicted octanol–water partition coefficient (Wildman–Crippen LogP) is 0.607. The Morgan fingerprint density at radius 1 is 1.40 bits per heavy atom. The van der Waals surface area contributed by atoms with Crippen molar-refractivity contribution in [2.75, 3.05) is 0 Å². The normalized spacial score (nSPS) is 24.8. The van der Waals surface area contributed by atoms with Crippen molar-refractivity contribution in [3.63, 3.8) is 0 Å². The van der Waals surface area contributed by atoms with Gasteiger partial charge in [0.2, 0.25) is 5.69 Å². The quantitative estimate of drug-likeness (QED) is 0.762. The van der Waals surface area contributed by atoms with Crippen molar-refractivity contribution in [2.45, 2.75) is 31.4 Å². The van der Waals surface area contributed by atoms with Crippen LogP contribution in [0.1, 0.15) is 25.0 Å². The summed E-state index contributed by atoms with van der Waals surface area (Å²) in [5.74, 6) is 0.319. The van der Waals surface area contributed by atoms with Crippen LogP contribution in [0.5, 0.6) is 5.88 Å². The van der Waals surface area contributed by atoms with Gasteiger partial charge in [0.1, 0.15) is 12.2 Å². The minimum absolute atomic E-state index is 0.0730. The summed E-state index contributed by atoms with van der Waals surface area (Å²) in [7, 11) is 0. The molecule has 1 aliphatic rings. The van der Waals surface area contributed by atoms with E-state index in [9.17, 15) is 0 Å². The molecule has 0 amide bonds.